The number of ether oxygens (including phenoxy) is 2. The molecule has 0 bridgehead atoms. The number of hydrogen-bond donors (Lipinski definition) is 3. The molecule has 186 valence electrons. The maximum atomic E-state index is 12.2. The van der Waals surface area contributed by atoms with Gasteiger partial charge in [-0.1, -0.05) is 18.2 Å². The van der Waals surface area contributed by atoms with Gasteiger partial charge >= 0.3 is 12.1 Å². The second-order valence-electron chi connectivity index (χ2n) is 8.96. The van der Waals surface area contributed by atoms with Crippen molar-refractivity contribution in [3.8, 4) is 22.8 Å². The van der Waals surface area contributed by atoms with E-state index >= 15 is 0 Å². The lowest BCUT2D eigenvalue weighted by molar-refractivity contribution is -0.139. The van der Waals surface area contributed by atoms with Crippen LogP contribution >= 0.6 is 0 Å². The van der Waals surface area contributed by atoms with Gasteiger partial charge in [0.15, 0.2) is 5.65 Å². The molecular formula is C25H26N6O5. The van der Waals surface area contributed by atoms with Crippen LogP contribution < -0.4 is 15.8 Å². The van der Waals surface area contributed by atoms with E-state index in [0.29, 0.717) is 33.8 Å². The number of amides is 1. The minimum absolute atomic E-state index is 0.192. The highest BCUT2D eigenvalue weighted by molar-refractivity contribution is 5.98. The summed E-state index contributed by atoms with van der Waals surface area (Å²) in [7, 11) is 0. The molecule has 4 N–H and O–H groups in total. The van der Waals surface area contributed by atoms with Gasteiger partial charge in [0.2, 0.25) is 0 Å². The molecule has 1 atom stereocenters. The van der Waals surface area contributed by atoms with Gasteiger partial charge in [0.05, 0.1) is 11.9 Å². The van der Waals surface area contributed by atoms with Gasteiger partial charge < -0.3 is 25.6 Å². The van der Waals surface area contributed by atoms with Crippen molar-refractivity contribution in [3.05, 3.63) is 60.9 Å². The second kappa shape index (κ2) is 9.90. The van der Waals surface area contributed by atoms with Gasteiger partial charge in [0.25, 0.3) is 0 Å². The third kappa shape index (κ3) is 5.69. The molecule has 0 fully saturated rings. The molecule has 2 heterocycles. The molecule has 0 saturated heterocycles. The standard InChI is InChI=1S/C25H26N6O5/c1-25(2,3)36-24(34)29-18(23(32)33)13-31-22-19(21(26)27-14-28-22)20(30-31)15-9-11-17(12-10-15)35-16-7-5-4-6-8-16/h4-12,14,18H,13H2,1-3H3,(H,29,34)(H,32,33)(H2,26,27,28)/t18-/m0/s1. The number of nitrogen functional groups attached to an aromatic ring is 1. The number of benzene rings is 2. The number of carboxylic acids is 1. The molecule has 0 aliphatic carbocycles. The van der Waals surface area contributed by atoms with Crippen LogP contribution in [0.3, 0.4) is 0 Å². The molecule has 11 heteroatoms. The van der Waals surface area contributed by atoms with Crippen molar-refractivity contribution in [2.24, 2.45) is 0 Å². The number of nitrogens with zero attached hydrogens (tertiary/aromatic N) is 4. The Bertz CT molecular complexity index is 1380. The quantitative estimate of drug-likeness (QED) is 0.350. The number of carboxylic acid groups (broad SMARTS) is 1. The molecule has 0 unspecified atom stereocenters. The molecule has 2 aromatic carbocycles. The Morgan fingerprint density at radius 1 is 1.06 bits per heavy atom. The lowest BCUT2D eigenvalue weighted by Crippen LogP contribution is -2.45. The summed E-state index contributed by atoms with van der Waals surface area (Å²) in [5.74, 6) is 0.272. The number of carbonyl (C=O) groups excluding carboxylic acids is 1. The van der Waals surface area contributed by atoms with Crippen LogP contribution in [-0.2, 0) is 16.1 Å². The van der Waals surface area contributed by atoms with Gasteiger partial charge in [0, 0.05) is 5.56 Å². The van der Waals surface area contributed by atoms with E-state index in [2.05, 4.69) is 20.4 Å². The first-order chi connectivity index (χ1) is 17.1. The summed E-state index contributed by atoms with van der Waals surface area (Å²) < 4.78 is 12.4. The average Bonchev–Trinajstić information content (AvgIpc) is 3.18. The smallest absolute Gasteiger partial charge is 0.408 e. The minimum Gasteiger partial charge on any atom is -0.480 e. The maximum Gasteiger partial charge on any atom is 0.408 e. The maximum absolute atomic E-state index is 12.2. The Hall–Kier alpha value is -4.67. The summed E-state index contributed by atoms with van der Waals surface area (Å²) in [6, 6.07) is 15.2. The van der Waals surface area contributed by atoms with E-state index in [1.807, 2.05) is 42.5 Å². The van der Waals surface area contributed by atoms with E-state index in [0.717, 1.165) is 0 Å². The molecule has 0 saturated carbocycles. The number of aliphatic carboxylic acids is 1. The van der Waals surface area contributed by atoms with E-state index in [9.17, 15) is 14.7 Å². The fraction of sp³-hybridized carbons (Fsp3) is 0.240. The van der Waals surface area contributed by atoms with Crippen LogP contribution in [0.15, 0.2) is 60.9 Å². The Balaban J connectivity index is 1.64. The van der Waals surface area contributed by atoms with Crippen LogP contribution in [0.2, 0.25) is 0 Å². The summed E-state index contributed by atoms with van der Waals surface area (Å²) in [5, 5.41) is 17.1. The number of para-hydroxylation sites is 1. The lowest BCUT2D eigenvalue weighted by atomic mass is 10.1. The number of rotatable bonds is 7. The predicted octanol–water partition coefficient (Wildman–Crippen LogP) is 3.85. The molecule has 1 amide bonds. The third-order valence-corrected chi connectivity index (χ3v) is 5.01. The van der Waals surface area contributed by atoms with E-state index in [1.165, 1.54) is 11.0 Å². The summed E-state index contributed by atoms with van der Waals surface area (Å²) in [6.45, 7) is 4.85. The van der Waals surface area contributed by atoms with E-state index in [1.54, 1.807) is 32.9 Å². The molecule has 0 aliphatic heterocycles. The van der Waals surface area contributed by atoms with Gasteiger partial charge in [-0.25, -0.2) is 24.2 Å². The van der Waals surface area contributed by atoms with E-state index < -0.39 is 23.7 Å². The van der Waals surface area contributed by atoms with Crippen LogP contribution in [0.5, 0.6) is 11.5 Å². The molecule has 4 aromatic rings. The first-order valence-electron chi connectivity index (χ1n) is 11.1. The number of aromatic nitrogens is 4. The number of carbonyl (C=O) groups is 2. The van der Waals surface area contributed by atoms with Crippen LogP contribution in [0.25, 0.3) is 22.3 Å². The Morgan fingerprint density at radius 2 is 1.72 bits per heavy atom. The normalized spacial score (nSPS) is 12.2. The SMILES string of the molecule is CC(C)(C)OC(=O)N[C@@H](Cn1nc(-c2ccc(Oc3ccccc3)cc2)c2c(N)ncnc21)C(=O)O. The van der Waals surface area contributed by atoms with E-state index in [4.69, 9.17) is 15.2 Å². The van der Waals surface area contributed by atoms with Crippen molar-refractivity contribution in [2.75, 3.05) is 5.73 Å². The highest BCUT2D eigenvalue weighted by Gasteiger charge is 2.27. The highest BCUT2D eigenvalue weighted by atomic mass is 16.6. The van der Waals surface area contributed by atoms with Crippen molar-refractivity contribution in [2.45, 2.75) is 39.0 Å². The summed E-state index contributed by atoms with van der Waals surface area (Å²) >= 11 is 0. The molecule has 36 heavy (non-hydrogen) atoms. The van der Waals surface area contributed by atoms with Gasteiger partial charge in [-0.3, -0.25) is 0 Å². The summed E-state index contributed by atoms with van der Waals surface area (Å²) in [5.41, 5.74) is 6.87. The fourth-order valence-corrected chi connectivity index (χ4v) is 3.47. The third-order valence-electron chi connectivity index (χ3n) is 5.01. The zero-order valence-corrected chi connectivity index (χ0v) is 20.0. The molecular weight excluding hydrogens is 464 g/mol. The fourth-order valence-electron chi connectivity index (χ4n) is 3.47. The second-order valence-corrected chi connectivity index (χ2v) is 8.96. The monoisotopic (exact) mass is 490 g/mol. The van der Waals surface area contributed by atoms with Crippen molar-refractivity contribution in [1.29, 1.82) is 0 Å². The molecule has 4 rings (SSSR count). The van der Waals surface area contributed by atoms with Crippen molar-refractivity contribution >= 4 is 28.9 Å². The molecule has 2 aromatic heterocycles. The van der Waals surface area contributed by atoms with Gasteiger partial charge in [-0.05, 0) is 57.2 Å². The van der Waals surface area contributed by atoms with Gasteiger partial charge in [-0.2, -0.15) is 5.10 Å². The van der Waals surface area contributed by atoms with Crippen molar-refractivity contribution in [3.63, 3.8) is 0 Å². The van der Waals surface area contributed by atoms with Crippen LogP contribution in [0.1, 0.15) is 20.8 Å². The van der Waals surface area contributed by atoms with Gasteiger partial charge in [-0.15, -0.1) is 0 Å². The number of anilines is 1. The van der Waals surface area contributed by atoms with Crippen LogP contribution in [0.4, 0.5) is 10.6 Å². The zero-order valence-electron chi connectivity index (χ0n) is 20.0. The van der Waals surface area contributed by atoms with Crippen LogP contribution in [0, 0.1) is 0 Å². The molecule has 0 aliphatic rings. The first kappa shape index (κ1) is 24.5. The number of hydrogen-bond acceptors (Lipinski definition) is 8. The molecule has 0 radical (unpaired) electrons. The summed E-state index contributed by atoms with van der Waals surface area (Å²) in [6.07, 6.45) is 0.419. The largest absolute Gasteiger partial charge is 0.480 e. The number of fused-ring (bicyclic) bond motifs is 1. The average molecular weight is 491 g/mol. The Kier molecular flexibility index (Phi) is 6.73. The number of nitrogens with one attached hydrogen (secondary N) is 1. The number of nitrogens with two attached hydrogens (primary N) is 1. The highest BCUT2D eigenvalue weighted by Crippen LogP contribution is 2.32. The van der Waals surface area contributed by atoms with Crippen LogP contribution in [-0.4, -0.2) is 48.6 Å². The lowest BCUT2D eigenvalue weighted by Gasteiger charge is -2.22. The zero-order chi connectivity index (χ0) is 25.9. The topological polar surface area (TPSA) is 154 Å². The Morgan fingerprint density at radius 3 is 2.36 bits per heavy atom. The van der Waals surface area contributed by atoms with Gasteiger partial charge in [0.1, 0.15) is 41.0 Å². The summed E-state index contributed by atoms with van der Waals surface area (Å²) in [4.78, 5) is 32.4. The molecule has 11 nitrogen and oxygen atoms in total. The Labute approximate surface area is 206 Å². The number of alkyl carbamates (subject to hydrolysis) is 1. The van der Waals surface area contributed by atoms with Crippen molar-refractivity contribution in [1.82, 2.24) is 25.1 Å². The first-order valence-corrected chi connectivity index (χ1v) is 11.1. The van der Waals surface area contributed by atoms with E-state index in [-0.39, 0.29) is 12.4 Å². The predicted molar refractivity (Wildman–Crippen MR) is 132 cm³/mol. The van der Waals surface area contributed by atoms with Crippen molar-refractivity contribution < 1.29 is 24.2 Å². The molecule has 0 spiro atoms. The minimum atomic E-state index is -1.33.